The molecule has 0 saturated carbocycles. The summed E-state index contributed by atoms with van der Waals surface area (Å²) < 4.78 is 28.3. The quantitative estimate of drug-likeness (QED) is 0.419. The van der Waals surface area contributed by atoms with Crippen LogP contribution in [-0.2, 0) is 23.7 Å². The van der Waals surface area contributed by atoms with Crippen LogP contribution in [0.1, 0.15) is 31.1 Å². The van der Waals surface area contributed by atoms with Gasteiger partial charge in [-0.15, -0.1) is 0 Å². The molecule has 164 valence electrons. The predicted molar refractivity (Wildman–Crippen MR) is 110 cm³/mol. The van der Waals surface area contributed by atoms with Gasteiger partial charge in [0.05, 0.1) is 44.7 Å². The number of benzene rings is 1. The number of hydrogen-bond acceptors (Lipinski definition) is 7. The Morgan fingerprint density at radius 3 is 2.28 bits per heavy atom. The summed E-state index contributed by atoms with van der Waals surface area (Å²) in [5, 5.41) is 0. The molecule has 1 aliphatic rings. The third-order valence-corrected chi connectivity index (χ3v) is 5.52. The first-order valence-electron chi connectivity index (χ1n) is 10.4. The summed E-state index contributed by atoms with van der Waals surface area (Å²) in [7, 11) is 0. The lowest BCUT2D eigenvalue weighted by Gasteiger charge is -2.43. The number of ether oxygens (including phenoxy) is 5. The van der Waals surface area contributed by atoms with Crippen LogP contribution in [0.4, 0.5) is 0 Å². The van der Waals surface area contributed by atoms with Crippen molar-refractivity contribution in [3.05, 3.63) is 35.9 Å². The topological polar surface area (TPSA) is 89.2 Å². The number of carbonyl (C=O) groups excluding carboxylic acids is 1. The molecule has 0 aromatic heterocycles. The second-order valence-corrected chi connectivity index (χ2v) is 7.47. The molecule has 5 atom stereocenters. The number of carbonyl (C=O) groups is 1. The molecule has 0 aliphatic carbocycles. The van der Waals surface area contributed by atoms with Gasteiger partial charge in [-0.2, -0.15) is 0 Å². The summed E-state index contributed by atoms with van der Waals surface area (Å²) in [4.78, 5) is 12.2. The fourth-order valence-corrected chi connectivity index (χ4v) is 3.31. The van der Waals surface area contributed by atoms with Crippen molar-refractivity contribution in [1.82, 2.24) is 0 Å². The molecular weight excluding hydrogens is 374 g/mol. The Morgan fingerprint density at radius 1 is 0.931 bits per heavy atom. The molecule has 29 heavy (non-hydrogen) atoms. The minimum absolute atomic E-state index is 0.204. The van der Waals surface area contributed by atoms with Crippen LogP contribution >= 0.6 is 0 Å². The Labute approximate surface area is 173 Å². The summed E-state index contributed by atoms with van der Waals surface area (Å²) in [6.07, 6.45) is -0.553. The van der Waals surface area contributed by atoms with Gasteiger partial charge in [-0.1, -0.05) is 39.0 Å². The normalized spacial score (nSPS) is 27.0. The molecule has 0 radical (unpaired) electrons. The zero-order valence-corrected chi connectivity index (χ0v) is 17.8. The Hall–Kier alpha value is -1.51. The first-order valence-corrected chi connectivity index (χ1v) is 10.4. The van der Waals surface area contributed by atoms with E-state index in [-0.39, 0.29) is 36.8 Å². The van der Waals surface area contributed by atoms with E-state index in [0.717, 1.165) is 0 Å². The van der Waals surface area contributed by atoms with Crippen LogP contribution in [0.3, 0.4) is 0 Å². The molecule has 7 heteroatoms. The zero-order chi connectivity index (χ0) is 21.1. The highest BCUT2D eigenvalue weighted by molar-refractivity contribution is 5.89. The molecule has 1 aromatic carbocycles. The molecule has 1 aliphatic heterocycles. The van der Waals surface area contributed by atoms with Gasteiger partial charge in [-0.3, -0.25) is 0 Å². The minimum atomic E-state index is -0.348. The second kappa shape index (κ2) is 12.9. The molecule has 2 rings (SSSR count). The van der Waals surface area contributed by atoms with Crippen LogP contribution in [0.25, 0.3) is 0 Å². The van der Waals surface area contributed by atoms with Crippen molar-refractivity contribution in [1.29, 1.82) is 0 Å². The van der Waals surface area contributed by atoms with E-state index in [1.165, 1.54) is 0 Å². The fraction of sp³-hybridized carbons (Fsp3) is 0.682. The van der Waals surface area contributed by atoms with Gasteiger partial charge in [-0.05, 0) is 24.0 Å². The first kappa shape index (κ1) is 23.8. The Bertz CT molecular complexity index is 584. The summed E-state index contributed by atoms with van der Waals surface area (Å²) in [5.41, 5.74) is 5.90. The number of esters is 1. The lowest BCUT2D eigenvalue weighted by Crippen LogP contribution is -2.48. The van der Waals surface area contributed by atoms with Gasteiger partial charge in [0.15, 0.2) is 6.29 Å². The summed E-state index contributed by atoms with van der Waals surface area (Å²) in [6.45, 7) is 9.64. The smallest absolute Gasteiger partial charge is 0.338 e. The molecule has 0 bridgehead atoms. The fourth-order valence-electron chi connectivity index (χ4n) is 3.31. The molecule has 1 heterocycles. The number of nitrogens with two attached hydrogens (primary N) is 1. The van der Waals surface area contributed by atoms with Gasteiger partial charge in [0.1, 0.15) is 6.61 Å². The van der Waals surface area contributed by atoms with Gasteiger partial charge in [0.2, 0.25) is 0 Å². The average molecular weight is 410 g/mol. The van der Waals surface area contributed by atoms with Gasteiger partial charge in [0.25, 0.3) is 0 Å². The van der Waals surface area contributed by atoms with Crippen LogP contribution in [0.15, 0.2) is 30.3 Å². The highest BCUT2D eigenvalue weighted by atomic mass is 16.7. The van der Waals surface area contributed by atoms with E-state index in [1.807, 2.05) is 18.2 Å². The van der Waals surface area contributed by atoms with E-state index in [9.17, 15) is 4.79 Å². The molecule has 2 N–H and O–H groups in total. The monoisotopic (exact) mass is 409 g/mol. The summed E-state index contributed by atoms with van der Waals surface area (Å²) in [5.74, 6) is 0.526. The van der Waals surface area contributed by atoms with Crippen molar-refractivity contribution in [2.24, 2.45) is 23.5 Å². The molecule has 1 aromatic rings. The van der Waals surface area contributed by atoms with Crippen LogP contribution in [0, 0.1) is 17.8 Å². The van der Waals surface area contributed by atoms with Crippen LogP contribution < -0.4 is 5.73 Å². The van der Waals surface area contributed by atoms with Gasteiger partial charge in [-0.25, -0.2) is 4.79 Å². The van der Waals surface area contributed by atoms with Crippen LogP contribution in [0.5, 0.6) is 0 Å². The Kier molecular flexibility index (Phi) is 10.6. The Morgan fingerprint density at radius 2 is 1.59 bits per heavy atom. The minimum Gasteiger partial charge on any atom is -0.459 e. The maximum absolute atomic E-state index is 12.2. The maximum atomic E-state index is 12.2. The van der Waals surface area contributed by atoms with E-state index in [0.29, 0.717) is 51.1 Å². The molecule has 0 amide bonds. The zero-order valence-electron chi connectivity index (χ0n) is 17.8. The van der Waals surface area contributed by atoms with Gasteiger partial charge >= 0.3 is 5.97 Å². The van der Waals surface area contributed by atoms with Crippen molar-refractivity contribution in [2.75, 3.05) is 46.2 Å². The molecule has 2 unspecified atom stereocenters. The van der Waals surface area contributed by atoms with Crippen molar-refractivity contribution in [3.63, 3.8) is 0 Å². The van der Waals surface area contributed by atoms with E-state index < -0.39 is 0 Å². The standard InChI is InChI=1S/C22H35NO6/c1-16-17(2)20(15-28-21(24)19-7-5-4-6-8-19)29-22(18(16)3)27-14-13-26-12-11-25-10-9-23/h4-8,16-18,20,22H,9-15,23H2,1-3H3/t16?,17-,18+,20?,22-/m0/s1. The molecule has 1 saturated heterocycles. The van der Waals surface area contributed by atoms with E-state index in [2.05, 4.69) is 20.8 Å². The summed E-state index contributed by atoms with van der Waals surface area (Å²) >= 11 is 0. The lowest BCUT2D eigenvalue weighted by atomic mass is 9.79. The third kappa shape index (κ3) is 7.68. The van der Waals surface area contributed by atoms with Gasteiger partial charge in [0, 0.05) is 12.5 Å². The van der Waals surface area contributed by atoms with Crippen molar-refractivity contribution in [3.8, 4) is 0 Å². The molecule has 1 fully saturated rings. The molecule has 7 nitrogen and oxygen atoms in total. The second-order valence-electron chi connectivity index (χ2n) is 7.47. The van der Waals surface area contributed by atoms with E-state index >= 15 is 0 Å². The third-order valence-electron chi connectivity index (χ3n) is 5.52. The van der Waals surface area contributed by atoms with Gasteiger partial charge < -0.3 is 29.4 Å². The average Bonchev–Trinajstić information content (AvgIpc) is 2.75. The van der Waals surface area contributed by atoms with Crippen molar-refractivity contribution in [2.45, 2.75) is 33.2 Å². The van der Waals surface area contributed by atoms with Crippen LogP contribution in [0.2, 0.25) is 0 Å². The Balaban J connectivity index is 1.74. The number of hydrogen-bond donors (Lipinski definition) is 1. The number of rotatable bonds is 12. The van der Waals surface area contributed by atoms with E-state index in [1.54, 1.807) is 12.1 Å². The molecular formula is C22H35NO6. The largest absolute Gasteiger partial charge is 0.459 e. The highest BCUT2D eigenvalue weighted by Crippen LogP contribution is 2.35. The highest BCUT2D eigenvalue weighted by Gasteiger charge is 2.40. The predicted octanol–water partition coefficient (Wildman–Crippen LogP) is 2.49. The first-order chi connectivity index (χ1) is 14.0. The summed E-state index contributed by atoms with van der Waals surface area (Å²) in [6, 6.07) is 8.98. The lowest BCUT2D eigenvalue weighted by molar-refractivity contribution is -0.256. The maximum Gasteiger partial charge on any atom is 0.338 e. The van der Waals surface area contributed by atoms with Crippen molar-refractivity contribution < 1.29 is 28.5 Å². The van der Waals surface area contributed by atoms with E-state index in [4.69, 9.17) is 29.4 Å². The molecule has 0 spiro atoms. The van der Waals surface area contributed by atoms with Crippen LogP contribution in [-0.4, -0.2) is 64.5 Å². The van der Waals surface area contributed by atoms with Crippen molar-refractivity contribution >= 4 is 5.97 Å². The SMILES string of the molecule is CC1[C@H](C)C(COC(=O)c2ccccc2)O[C@H](OCCOCCOCCN)[C@@H]1C.